The van der Waals surface area contributed by atoms with Gasteiger partial charge in [0.15, 0.2) is 0 Å². The van der Waals surface area contributed by atoms with Crippen molar-refractivity contribution in [1.29, 1.82) is 0 Å². The first-order valence-electron chi connectivity index (χ1n) is 6.47. The predicted octanol–water partition coefficient (Wildman–Crippen LogP) is 1.80. The van der Waals surface area contributed by atoms with Crippen LogP contribution in [0.1, 0.15) is 31.9 Å². The number of likely N-dealkylation sites (tertiary alicyclic amines) is 1. The minimum atomic E-state index is -0.439. The minimum absolute atomic E-state index is 0.000594. The number of amides is 1. The number of rotatable bonds is 3. The smallest absolute Gasteiger partial charge is 0.217 e. The molecule has 2 rings (SSSR count). The van der Waals surface area contributed by atoms with E-state index < -0.39 is 5.82 Å². The number of halogens is 1. The van der Waals surface area contributed by atoms with Crippen LogP contribution < -0.4 is 5.32 Å². The van der Waals surface area contributed by atoms with Crippen molar-refractivity contribution in [1.82, 2.24) is 10.2 Å². The van der Waals surface area contributed by atoms with Crippen molar-refractivity contribution in [3.63, 3.8) is 0 Å². The van der Waals surface area contributed by atoms with Gasteiger partial charge < -0.3 is 10.4 Å². The summed E-state index contributed by atoms with van der Waals surface area (Å²) in [5, 5.41) is 12.7. The third-order valence-corrected chi connectivity index (χ3v) is 3.62. The van der Waals surface area contributed by atoms with Gasteiger partial charge in [-0.05, 0) is 19.4 Å². The van der Waals surface area contributed by atoms with Crippen LogP contribution in [0.3, 0.4) is 0 Å². The van der Waals surface area contributed by atoms with E-state index >= 15 is 0 Å². The summed E-state index contributed by atoms with van der Waals surface area (Å²) in [7, 11) is 0. The van der Waals surface area contributed by atoms with Gasteiger partial charge in [-0.25, -0.2) is 4.39 Å². The number of hydrogen-bond donors (Lipinski definition) is 2. The molecule has 1 aliphatic rings. The lowest BCUT2D eigenvalue weighted by molar-refractivity contribution is -0.119. The third-order valence-electron chi connectivity index (χ3n) is 3.62. The molecule has 19 heavy (non-hydrogen) atoms. The molecule has 1 saturated heterocycles. The second-order valence-corrected chi connectivity index (χ2v) is 5.06. The van der Waals surface area contributed by atoms with Crippen LogP contribution in [0.25, 0.3) is 0 Å². The highest BCUT2D eigenvalue weighted by Gasteiger charge is 2.28. The average Bonchev–Trinajstić information content (AvgIpc) is 2.75. The van der Waals surface area contributed by atoms with E-state index in [-0.39, 0.29) is 23.7 Å². The van der Waals surface area contributed by atoms with Crippen LogP contribution in [0.5, 0.6) is 5.75 Å². The Bertz CT molecular complexity index is 479. The van der Waals surface area contributed by atoms with E-state index in [2.05, 4.69) is 10.2 Å². The fraction of sp³-hybridized carbons (Fsp3) is 0.500. The van der Waals surface area contributed by atoms with Crippen molar-refractivity contribution in [2.45, 2.75) is 32.4 Å². The number of nitrogens with zero attached hydrogens (tertiary/aromatic N) is 1. The lowest BCUT2D eigenvalue weighted by Crippen LogP contribution is -2.36. The zero-order valence-electron chi connectivity index (χ0n) is 11.2. The van der Waals surface area contributed by atoms with E-state index in [0.717, 1.165) is 25.6 Å². The maximum absolute atomic E-state index is 13.0. The summed E-state index contributed by atoms with van der Waals surface area (Å²) in [6, 6.07) is 4.25. The summed E-state index contributed by atoms with van der Waals surface area (Å²) in [4.78, 5) is 13.2. The molecule has 1 fully saturated rings. The van der Waals surface area contributed by atoms with Crippen molar-refractivity contribution in [2.24, 2.45) is 0 Å². The number of carbonyl (C=O) groups is 1. The van der Waals surface area contributed by atoms with Crippen LogP contribution >= 0.6 is 0 Å². The van der Waals surface area contributed by atoms with E-state index in [9.17, 15) is 14.3 Å². The maximum Gasteiger partial charge on any atom is 0.217 e. The van der Waals surface area contributed by atoms with Gasteiger partial charge >= 0.3 is 0 Å². The number of aromatic hydroxyl groups is 1. The minimum Gasteiger partial charge on any atom is -0.508 e. The first-order chi connectivity index (χ1) is 8.97. The van der Waals surface area contributed by atoms with Crippen LogP contribution in [0.4, 0.5) is 4.39 Å². The van der Waals surface area contributed by atoms with E-state index in [1.54, 1.807) is 6.07 Å². The molecule has 0 aromatic heterocycles. The number of phenols is 1. The monoisotopic (exact) mass is 266 g/mol. The summed E-state index contributed by atoms with van der Waals surface area (Å²) >= 11 is 0. The Morgan fingerprint density at radius 2 is 2.32 bits per heavy atom. The summed E-state index contributed by atoms with van der Waals surface area (Å²) in [5.41, 5.74) is 0.713. The van der Waals surface area contributed by atoms with Crippen LogP contribution in [-0.4, -0.2) is 35.0 Å². The Balaban J connectivity index is 2.04. The first kappa shape index (κ1) is 13.8. The van der Waals surface area contributed by atoms with E-state index in [1.165, 1.54) is 13.0 Å². The fourth-order valence-corrected chi connectivity index (χ4v) is 2.61. The lowest BCUT2D eigenvalue weighted by atomic mass is 10.1. The molecule has 2 atom stereocenters. The quantitative estimate of drug-likeness (QED) is 0.877. The van der Waals surface area contributed by atoms with Gasteiger partial charge in [0.25, 0.3) is 0 Å². The third kappa shape index (κ3) is 3.23. The predicted molar refractivity (Wildman–Crippen MR) is 70.3 cm³/mol. The summed E-state index contributed by atoms with van der Waals surface area (Å²) in [6.07, 6.45) is 0.895. The van der Waals surface area contributed by atoms with E-state index in [0.29, 0.717) is 5.56 Å². The van der Waals surface area contributed by atoms with E-state index in [4.69, 9.17) is 0 Å². The number of hydrogen-bond acceptors (Lipinski definition) is 3. The Morgan fingerprint density at radius 1 is 1.58 bits per heavy atom. The Morgan fingerprint density at radius 3 is 2.95 bits per heavy atom. The van der Waals surface area contributed by atoms with Gasteiger partial charge in [0.1, 0.15) is 11.6 Å². The molecule has 5 heteroatoms. The normalized spacial score (nSPS) is 21.3. The molecule has 1 aromatic carbocycles. The molecule has 0 bridgehead atoms. The zero-order chi connectivity index (χ0) is 14.0. The molecule has 0 saturated carbocycles. The van der Waals surface area contributed by atoms with Gasteiger partial charge in [-0.3, -0.25) is 9.69 Å². The van der Waals surface area contributed by atoms with Crippen molar-refractivity contribution in [3.8, 4) is 5.75 Å². The van der Waals surface area contributed by atoms with Crippen LogP contribution in [0.2, 0.25) is 0 Å². The molecule has 1 aliphatic heterocycles. The molecule has 0 spiro atoms. The van der Waals surface area contributed by atoms with Crippen LogP contribution in [0.15, 0.2) is 18.2 Å². The summed E-state index contributed by atoms with van der Waals surface area (Å²) in [6.45, 7) is 5.08. The van der Waals surface area contributed by atoms with Gasteiger partial charge in [-0.2, -0.15) is 0 Å². The molecule has 2 unspecified atom stereocenters. The Kier molecular flexibility index (Phi) is 4.04. The topological polar surface area (TPSA) is 52.6 Å². The highest BCUT2D eigenvalue weighted by molar-refractivity contribution is 5.73. The number of nitrogens with one attached hydrogen (secondary N) is 1. The zero-order valence-corrected chi connectivity index (χ0v) is 11.2. The van der Waals surface area contributed by atoms with Crippen LogP contribution in [-0.2, 0) is 4.79 Å². The number of benzene rings is 1. The maximum atomic E-state index is 13.0. The van der Waals surface area contributed by atoms with E-state index in [1.807, 2.05) is 6.92 Å². The second kappa shape index (κ2) is 5.57. The fourth-order valence-electron chi connectivity index (χ4n) is 2.61. The molecule has 1 amide bonds. The molecule has 1 heterocycles. The largest absolute Gasteiger partial charge is 0.508 e. The van der Waals surface area contributed by atoms with Crippen LogP contribution in [0, 0.1) is 5.82 Å². The molecular formula is C14H19FN2O2. The van der Waals surface area contributed by atoms with Gasteiger partial charge in [0, 0.05) is 43.7 Å². The molecule has 2 N–H and O–H groups in total. The number of phenolic OH excluding ortho intramolecular Hbond substituents is 1. The Hall–Kier alpha value is -1.62. The summed E-state index contributed by atoms with van der Waals surface area (Å²) < 4.78 is 13.0. The lowest BCUT2D eigenvalue weighted by Gasteiger charge is -2.25. The summed E-state index contributed by atoms with van der Waals surface area (Å²) in [5.74, 6) is -0.481. The second-order valence-electron chi connectivity index (χ2n) is 5.06. The molecule has 1 aromatic rings. The van der Waals surface area contributed by atoms with Gasteiger partial charge in [0.2, 0.25) is 5.91 Å². The average molecular weight is 266 g/mol. The molecule has 4 nitrogen and oxygen atoms in total. The molecule has 0 radical (unpaired) electrons. The van der Waals surface area contributed by atoms with Gasteiger partial charge in [0.05, 0.1) is 0 Å². The van der Waals surface area contributed by atoms with Crippen molar-refractivity contribution in [3.05, 3.63) is 29.6 Å². The SMILES string of the molecule is CC(=O)NC1CCN(C(C)c2ccc(F)cc2O)C1. The van der Waals surface area contributed by atoms with Gasteiger partial charge in [-0.15, -0.1) is 0 Å². The molecular weight excluding hydrogens is 247 g/mol. The highest BCUT2D eigenvalue weighted by atomic mass is 19.1. The first-order valence-corrected chi connectivity index (χ1v) is 6.47. The highest BCUT2D eigenvalue weighted by Crippen LogP contribution is 2.31. The Labute approximate surface area is 112 Å². The van der Waals surface area contributed by atoms with Crippen molar-refractivity contribution < 1.29 is 14.3 Å². The standard InChI is InChI=1S/C14H19FN2O2/c1-9(13-4-3-11(15)7-14(13)19)17-6-5-12(8-17)16-10(2)18/h3-4,7,9,12,19H,5-6,8H2,1-2H3,(H,16,18). The van der Waals surface area contributed by atoms with Crippen molar-refractivity contribution in [2.75, 3.05) is 13.1 Å². The number of carbonyl (C=O) groups excluding carboxylic acids is 1. The van der Waals surface area contributed by atoms with Crippen molar-refractivity contribution >= 4 is 5.91 Å². The van der Waals surface area contributed by atoms with Gasteiger partial charge in [-0.1, -0.05) is 6.07 Å². The molecule has 0 aliphatic carbocycles. The molecule has 104 valence electrons.